The zero-order valence-electron chi connectivity index (χ0n) is 15.9. The highest BCUT2D eigenvalue weighted by atomic mass is 16.2. The monoisotopic (exact) mass is 359 g/mol. The Morgan fingerprint density at radius 1 is 1.08 bits per heavy atom. The van der Waals surface area contributed by atoms with E-state index >= 15 is 0 Å². The third kappa shape index (κ3) is 5.58. The number of carbonyl (C=O) groups is 3. The van der Waals surface area contributed by atoms with Crippen molar-refractivity contribution in [3.05, 3.63) is 29.8 Å². The van der Waals surface area contributed by atoms with Gasteiger partial charge in [-0.25, -0.2) is 0 Å². The number of amides is 3. The maximum Gasteiger partial charge on any atom is 0.231 e. The lowest BCUT2D eigenvalue weighted by Crippen LogP contribution is -2.45. The van der Waals surface area contributed by atoms with Gasteiger partial charge in [0.25, 0.3) is 0 Å². The van der Waals surface area contributed by atoms with Gasteiger partial charge in [-0.3, -0.25) is 14.4 Å². The summed E-state index contributed by atoms with van der Waals surface area (Å²) in [5.74, 6) is -0.593. The second-order valence-electron chi connectivity index (χ2n) is 8.26. The highest BCUT2D eigenvalue weighted by Crippen LogP contribution is 2.42. The number of anilines is 1. The summed E-state index contributed by atoms with van der Waals surface area (Å²) < 4.78 is 0. The lowest BCUT2D eigenvalue weighted by molar-refractivity contribution is -0.133. The van der Waals surface area contributed by atoms with Crippen molar-refractivity contribution in [1.29, 1.82) is 0 Å². The van der Waals surface area contributed by atoms with Crippen LogP contribution in [0.25, 0.3) is 0 Å². The summed E-state index contributed by atoms with van der Waals surface area (Å²) in [6.07, 6.45) is 3.72. The van der Waals surface area contributed by atoms with Gasteiger partial charge in [-0.2, -0.15) is 0 Å². The highest BCUT2D eigenvalue weighted by molar-refractivity contribution is 5.98. The Labute approximate surface area is 154 Å². The maximum atomic E-state index is 12.9. The molecule has 1 fully saturated rings. The molecule has 0 saturated heterocycles. The molecule has 0 unspecified atom stereocenters. The first kappa shape index (κ1) is 19.9. The number of nitrogens with one attached hydrogen (secondary N) is 2. The van der Waals surface area contributed by atoms with Gasteiger partial charge in [0.1, 0.15) is 0 Å². The van der Waals surface area contributed by atoms with Gasteiger partial charge in [0, 0.05) is 17.6 Å². The van der Waals surface area contributed by atoms with Crippen LogP contribution in [0, 0.1) is 5.41 Å². The van der Waals surface area contributed by atoms with E-state index in [0.717, 1.165) is 31.2 Å². The van der Waals surface area contributed by atoms with Gasteiger partial charge in [-0.05, 0) is 51.3 Å². The van der Waals surface area contributed by atoms with Crippen LogP contribution in [0.2, 0.25) is 0 Å². The Bertz CT molecular complexity index is 669. The first-order chi connectivity index (χ1) is 12.1. The molecular formula is C20H29N3O3. The fraction of sp³-hybridized carbons (Fsp3) is 0.550. The van der Waals surface area contributed by atoms with Crippen LogP contribution in [0.15, 0.2) is 24.3 Å². The number of primary amides is 1. The minimum Gasteiger partial charge on any atom is -0.369 e. The molecule has 0 radical (unpaired) electrons. The Hall–Kier alpha value is -2.37. The van der Waals surface area contributed by atoms with Crippen LogP contribution in [0.3, 0.4) is 0 Å². The summed E-state index contributed by atoms with van der Waals surface area (Å²) in [5.41, 5.74) is 5.68. The van der Waals surface area contributed by atoms with E-state index in [1.807, 2.05) is 20.8 Å². The van der Waals surface area contributed by atoms with Crippen molar-refractivity contribution in [2.24, 2.45) is 11.1 Å². The number of benzene rings is 1. The van der Waals surface area contributed by atoms with Crippen molar-refractivity contribution in [2.75, 3.05) is 5.32 Å². The predicted molar refractivity (Wildman–Crippen MR) is 101 cm³/mol. The molecule has 0 atom stereocenters. The summed E-state index contributed by atoms with van der Waals surface area (Å²) in [6.45, 7) is 5.79. The van der Waals surface area contributed by atoms with Crippen LogP contribution in [0.5, 0.6) is 0 Å². The summed E-state index contributed by atoms with van der Waals surface area (Å²) >= 11 is 0. The molecule has 1 aliphatic carbocycles. The van der Waals surface area contributed by atoms with E-state index in [9.17, 15) is 14.4 Å². The summed E-state index contributed by atoms with van der Waals surface area (Å²) in [7, 11) is 0. The quantitative estimate of drug-likeness (QED) is 0.727. The van der Waals surface area contributed by atoms with E-state index < -0.39 is 11.3 Å². The van der Waals surface area contributed by atoms with Crippen LogP contribution < -0.4 is 16.4 Å². The van der Waals surface area contributed by atoms with Crippen molar-refractivity contribution in [3.8, 4) is 0 Å². The lowest BCUT2D eigenvalue weighted by atomic mass is 9.81. The van der Waals surface area contributed by atoms with Crippen molar-refractivity contribution in [1.82, 2.24) is 5.32 Å². The molecule has 0 heterocycles. The first-order valence-electron chi connectivity index (χ1n) is 9.09. The number of hydrogen-bond acceptors (Lipinski definition) is 3. The van der Waals surface area contributed by atoms with Crippen molar-refractivity contribution >= 4 is 23.4 Å². The molecular weight excluding hydrogens is 330 g/mol. The van der Waals surface area contributed by atoms with Gasteiger partial charge in [0.05, 0.1) is 11.8 Å². The zero-order chi connectivity index (χ0) is 19.4. The minimum absolute atomic E-state index is 0.0913. The molecule has 1 aromatic rings. The third-order valence-electron chi connectivity index (χ3n) is 4.65. The molecule has 26 heavy (non-hydrogen) atoms. The van der Waals surface area contributed by atoms with Gasteiger partial charge >= 0.3 is 0 Å². The minimum atomic E-state index is -0.652. The molecule has 0 spiro atoms. The molecule has 1 aliphatic rings. The molecule has 0 aliphatic heterocycles. The number of rotatable bonds is 6. The zero-order valence-corrected chi connectivity index (χ0v) is 15.9. The average molecular weight is 359 g/mol. The number of nitrogens with two attached hydrogens (primary N) is 1. The second kappa shape index (κ2) is 7.89. The van der Waals surface area contributed by atoms with Gasteiger partial charge in [-0.1, -0.05) is 25.0 Å². The van der Waals surface area contributed by atoms with Gasteiger partial charge in [-0.15, -0.1) is 0 Å². The van der Waals surface area contributed by atoms with Crippen molar-refractivity contribution < 1.29 is 14.4 Å². The van der Waals surface area contributed by atoms with E-state index in [1.54, 1.807) is 24.3 Å². The molecule has 6 heteroatoms. The molecule has 4 N–H and O–H groups in total. The molecule has 6 nitrogen and oxygen atoms in total. The van der Waals surface area contributed by atoms with Crippen molar-refractivity contribution in [3.63, 3.8) is 0 Å². The van der Waals surface area contributed by atoms with Gasteiger partial charge < -0.3 is 16.4 Å². The lowest BCUT2D eigenvalue weighted by Gasteiger charge is -2.29. The molecule has 1 saturated carbocycles. The number of carbonyl (C=O) groups excluding carboxylic acids is 3. The smallest absolute Gasteiger partial charge is 0.231 e. The van der Waals surface area contributed by atoms with Gasteiger partial charge in [0.15, 0.2) is 0 Å². The largest absolute Gasteiger partial charge is 0.369 e. The standard InChI is InChI=1S/C20H29N3O3/c1-19(2,3)23-17(25)13-20(10-4-5-11-20)18(26)22-15-8-6-14(7-9-15)12-16(21)24/h6-9H,4-5,10-13H2,1-3H3,(H2,21,24)(H,22,26)(H,23,25). The van der Waals surface area contributed by atoms with Crippen molar-refractivity contribution in [2.45, 2.75) is 64.8 Å². The molecule has 1 aromatic carbocycles. The van der Waals surface area contributed by atoms with E-state index in [1.165, 1.54) is 0 Å². The Morgan fingerprint density at radius 3 is 2.15 bits per heavy atom. The SMILES string of the molecule is CC(C)(C)NC(=O)CC1(C(=O)Nc2ccc(CC(N)=O)cc2)CCCC1. The summed E-state index contributed by atoms with van der Waals surface area (Å²) in [5, 5.41) is 5.89. The van der Waals surface area contributed by atoms with Crippen LogP contribution in [-0.2, 0) is 20.8 Å². The molecule has 3 amide bonds. The fourth-order valence-corrected chi connectivity index (χ4v) is 3.48. The van der Waals surface area contributed by atoms with E-state index in [0.29, 0.717) is 5.69 Å². The predicted octanol–water partition coefficient (Wildman–Crippen LogP) is 2.52. The molecule has 2 rings (SSSR count). The van der Waals surface area contributed by atoms with Gasteiger partial charge in [0.2, 0.25) is 17.7 Å². The maximum absolute atomic E-state index is 12.9. The van der Waals surface area contributed by atoms with Crippen LogP contribution in [-0.4, -0.2) is 23.3 Å². The number of hydrogen-bond donors (Lipinski definition) is 3. The Kier molecular flexibility index (Phi) is 6.05. The van der Waals surface area contributed by atoms with Crippen LogP contribution >= 0.6 is 0 Å². The highest BCUT2D eigenvalue weighted by Gasteiger charge is 2.43. The normalized spacial score (nSPS) is 16.1. The second-order valence-corrected chi connectivity index (χ2v) is 8.26. The van der Waals surface area contributed by atoms with E-state index in [-0.39, 0.29) is 30.2 Å². The summed E-state index contributed by atoms with van der Waals surface area (Å²) in [6, 6.07) is 7.06. The van der Waals surface area contributed by atoms with E-state index in [4.69, 9.17) is 5.73 Å². The first-order valence-corrected chi connectivity index (χ1v) is 9.09. The average Bonchev–Trinajstić information content (AvgIpc) is 2.96. The third-order valence-corrected chi connectivity index (χ3v) is 4.65. The van der Waals surface area contributed by atoms with E-state index in [2.05, 4.69) is 10.6 Å². The Morgan fingerprint density at radius 2 is 1.65 bits per heavy atom. The molecule has 0 aromatic heterocycles. The molecule has 142 valence electrons. The topological polar surface area (TPSA) is 101 Å². The Balaban J connectivity index is 2.06. The fourth-order valence-electron chi connectivity index (χ4n) is 3.48. The molecule has 0 bridgehead atoms. The van der Waals surface area contributed by atoms with Crippen LogP contribution in [0.1, 0.15) is 58.4 Å². The summed E-state index contributed by atoms with van der Waals surface area (Å²) in [4.78, 5) is 36.3. The van der Waals surface area contributed by atoms with Crippen LogP contribution in [0.4, 0.5) is 5.69 Å².